The number of nitrogens with one attached hydrogen (secondary N) is 1. The first-order valence-corrected chi connectivity index (χ1v) is 14.5. The highest BCUT2D eigenvalue weighted by Gasteiger charge is 2.44. The molecule has 0 aliphatic carbocycles. The lowest BCUT2D eigenvalue weighted by Gasteiger charge is -2.37. The highest BCUT2D eigenvalue weighted by Crippen LogP contribution is 2.41. The number of hydrogen-bond donors (Lipinski definition) is 1. The van der Waals surface area contributed by atoms with E-state index in [9.17, 15) is 9.59 Å². The number of hydrogen-bond acceptors (Lipinski definition) is 6. The standard InChI is InChI=1S/C34H37N5O2/c1-24-21-25(2)35-31(22-24)38-19-17-37(18-20-38)28-14-12-27(13-15-28)36-34(41)33(40)32-30(26-9-5-3-6-10-26)23-29-11-7-4-8-16-39(29)32/h3-7,9-15,21-22,30,32H,8,16-20,23H2,1-2H3,(H,36,41). The molecule has 2 atom stereocenters. The average Bonchev–Trinajstić information content (AvgIpc) is 3.19. The van der Waals surface area contributed by atoms with Gasteiger partial charge in [0.1, 0.15) is 11.9 Å². The van der Waals surface area contributed by atoms with E-state index >= 15 is 0 Å². The van der Waals surface area contributed by atoms with Crippen molar-refractivity contribution in [2.75, 3.05) is 47.8 Å². The van der Waals surface area contributed by atoms with Crippen LogP contribution >= 0.6 is 0 Å². The number of anilines is 3. The molecule has 2 fully saturated rings. The first-order valence-electron chi connectivity index (χ1n) is 14.5. The Kier molecular flexibility index (Phi) is 7.59. The molecule has 2 saturated heterocycles. The monoisotopic (exact) mass is 547 g/mol. The fraction of sp³-hybridized carbons (Fsp3) is 0.324. The van der Waals surface area contributed by atoms with Gasteiger partial charge in [0.2, 0.25) is 5.78 Å². The third-order valence-electron chi connectivity index (χ3n) is 8.37. The number of aromatic nitrogens is 1. The van der Waals surface area contributed by atoms with Crippen LogP contribution < -0.4 is 15.1 Å². The second kappa shape index (κ2) is 11.6. The van der Waals surface area contributed by atoms with E-state index in [2.05, 4.69) is 69.4 Å². The minimum atomic E-state index is -0.559. The lowest BCUT2D eigenvalue weighted by molar-refractivity contribution is -0.137. The van der Waals surface area contributed by atoms with E-state index in [0.29, 0.717) is 5.69 Å². The van der Waals surface area contributed by atoms with Crippen LogP contribution in [-0.2, 0) is 9.59 Å². The number of carbonyl (C=O) groups excluding carboxylic acids is 2. The summed E-state index contributed by atoms with van der Waals surface area (Å²) in [6, 6.07) is 21.7. The highest BCUT2D eigenvalue weighted by molar-refractivity contribution is 6.42. The van der Waals surface area contributed by atoms with Crippen molar-refractivity contribution in [2.45, 2.75) is 38.6 Å². The molecule has 3 aliphatic rings. The Bertz CT molecular complexity index is 1450. The number of rotatable bonds is 6. The first kappa shape index (κ1) is 26.8. The molecule has 7 nitrogen and oxygen atoms in total. The van der Waals surface area contributed by atoms with Gasteiger partial charge in [0.15, 0.2) is 0 Å². The van der Waals surface area contributed by atoms with E-state index in [4.69, 9.17) is 4.98 Å². The molecule has 4 heterocycles. The van der Waals surface area contributed by atoms with Gasteiger partial charge < -0.3 is 20.0 Å². The number of amides is 1. The third kappa shape index (κ3) is 5.75. The molecule has 3 aliphatic heterocycles. The molecule has 2 aromatic carbocycles. The topological polar surface area (TPSA) is 68.8 Å². The number of benzene rings is 2. The predicted molar refractivity (Wildman–Crippen MR) is 164 cm³/mol. The molecule has 41 heavy (non-hydrogen) atoms. The Morgan fingerprint density at radius 2 is 1.61 bits per heavy atom. The summed E-state index contributed by atoms with van der Waals surface area (Å²) in [7, 11) is 0. The Labute approximate surface area is 242 Å². The van der Waals surface area contributed by atoms with Crippen LogP contribution in [0.4, 0.5) is 17.2 Å². The van der Waals surface area contributed by atoms with Gasteiger partial charge in [-0.05, 0) is 80.3 Å². The lowest BCUT2D eigenvalue weighted by atomic mass is 9.88. The molecule has 1 N–H and O–H groups in total. The van der Waals surface area contributed by atoms with Crippen LogP contribution in [0.3, 0.4) is 0 Å². The highest BCUT2D eigenvalue weighted by atomic mass is 16.2. The number of nitrogens with zero attached hydrogens (tertiary/aromatic N) is 4. The molecular formula is C34H37N5O2. The van der Waals surface area contributed by atoms with Gasteiger partial charge in [-0.1, -0.05) is 42.5 Å². The Morgan fingerprint density at radius 1 is 0.878 bits per heavy atom. The number of ketones is 1. The number of fused-ring (bicyclic) bond motifs is 1. The zero-order chi connectivity index (χ0) is 28.3. The molecule has 2 unspecified atom stereocenters. The molecule has 0 saturated carbocycles. The number of carbonyl (C=O) groups is 2. The maximum absolute atomic E-state index is 13.7. The fourth-order valence-electron chi connectivity index (χ4n) is 6.37. The van der Waals surface area contributed by atoms with Crippen LogP contribution in [0.15, 0.2) is 90.7 Å². The van der Waals surface area contributed by atoms with E-state index in [1.54, 1.807) is 0 Å². The minimum absolute atomic E-state index is 0.0489. The summed E-state index contributed by atoms with van der Waals surface area (Å²) in [5, 5.41) is 2.89. The number of aryl methyl sites for hydroxylation is 2. The summed E-state index contributed by atoms with van der Waals surface area (Å²) in [4.78, 5) is 38.5. The molecule has 1 amide bonds. The molecule has 6 rings (SSSR count). The predicted octanol–water partition coefficient (Wildman–Crippen LogP) is 5.23. The normalized spacial score (nSPS) is 20.3. The van der Waals surface area contributed by atoms with E-state index in [-0.39, 0.29) is 11.7 Å². The van der Waals surface area contributed by atoms with Crippen LogP contribution in [0.5, 0.6) is 0 Å². The van der Waals surface area contributed by atoms with Crippen molar-refractivity contribution in [1.82, 2.24) is 9.88 Å². The molecule has 7 heteroatoms. The third-order valence-corrected chi connectivity index (χ3v) is 8.37. The van der Waals surface area contributed by atoms with Gasteiger partial charge >= 0.3 is 0 Å². The maximum Gasteiger partial charge on any atom is 0.294 e. The zero-order valence-corrected chi connectivity index (χ0v) is 23.8. The first-order chi connectivity index (χ1) is 20.0. The summed E-state index contributed by atoms with van der Waals surface area (Å²) in [6.45, 7) is 8.46. The smallest absolute Gasteiger partial charge is 0.294 e. The van der Waals surface area contributed by atoms with Gasteiger partial charge in [-0.2, -0.15) is 0 Å². The van der Waals surface area contributed by atoms with E-state index in [1.165, 1.54) is 5.56 Å². The zero-order valence-electron chi connectivity index (χ0n) is 23.8. The van der Waals surface area contributed by atoms with Crippen molar-refractivity contribution in [3.05, 3.63) is 107 Å². The van der Waals surface area contributed by atoms with Crippen LogP contribution in [0.1, 0.15) is 35.6 Å². The summed E-state index contributed by atoms with van der Waals surface area (Å²) in [5.41, 5.74) is 6.23. The molecule has 0 radical (unpaired) electrons. The van der Waals surface area contributed by atoms with Crippen molar-refractivity contribution >= 4 is 28.9 Å². The van der Waals surface area contributed by atoms with Gasteiger partial charge in [-0.3, -0.25) is 9.59 Å². The number of allylic oxidation sites excluding steroid dienone is 3. The Morgan fingerprint density at radius 3 is 2.34 bits per heavy atom. The molecule has 1 aromatic heterocycles. The molecule has 3 aromatic rings. The van der Waals surface area contributed by atoms with Crippen molar-refractivity contribution in [3.63, 3.8) is 0 Å². The summed E-state index contributed by atoms with van der Waals surface area (Å²) in [5.74, 6) is 0.0499. The number of Topliss-reactive ketones (excluding diaryl/α,β-unsaturated/α-hetero) is 1. The van der Waals surface area contributed by atoms with Crippen molar-refractivity contribution in [2.24, 2.45) is 0 Å². The van der Waals surface area contributed by atoms with Gasteiger partial charge in [-0.15, -0.1) is 0 Å². The van der Waals surface area contributed by atoms with E-state index < -0.39 is 11.9 Å². The fourth-order valence-corrected chi connectivity index (χ4v) is 6.37. The number of piperazine rings is 1. The summed E-state index contributed by atoms with van der Waals surface area (Å²) >= 11 is 0. The summed E-state index contributed by atoms with van der Waals surface area (Å²) < 4.78 is 0. The van der Waals surface area contributed by atoms with E-state index in [1.807, 2.05) is 49.4 Å². The second-order valence-corrected chi connectivity index (χ2v) is 11.2. The number of pyridine rings is 1. The average molecular weight is 548 g/mol. The minimum Gasteiger partial charge on any atom is -0.368 e. The lowest BCUT2D eigenvalue weighted by Crippen LogP contribution is -2.46. The SMILES string of the molecule is Cc1cc(C)nc(N2CCN(c3ccc(NC(=O)C(=O)C4C(c5ccccc5)CC5=CC=CCCN54)cc3)CC2)c1. The van der Waals surface area contributed by atoms with Crippen LogP contribution in [0, 0.1) is 13.8 Å². The largest absolute Gasteiger partial charge is 0.368 e. The van der Waals surface area contributed by atoms with Gasteiger partial charge in [0.05, 0.1) is 0 Å². The van der Waals surface area contributed by atoms with Crippen molar-refractivity contribution < 1.29 is 9.59 Å². The Balaban J connectivity index is 1.11. The van der Waals surface area contributed by atoms with Crippen LogP contribution in [0.25, 0.3) is 0 Å². The van der Waals surface area contributed by atoms with Crippen LogP contribution in [0.2, 0.25) is 0 Å². The van der Waals surface area contributed by atoms with Gasteiger partial charge in [0, 0.05) is 61.4 Å². The molecule has 0 bridgehead atoms. The van der Waals surface area contributed by atoms with Crippen molar-refractivity contribution in [1.29, 1.82) is 0 Å². The quantitative estimate of drug-likeness (QED) is 0.426. The van der Waals surface area contributed by atoms with Gasteiger partial charge in [-0.25, -0.2) is 4.98 Å². The van der Waals surface area contributed by atoms with Crippen LogP contribution in [-0.4, -0.2) is 60.3 Å². The Hall–Kier alpha value is -4.39. The molecular weight excluding hydrogens is 510 g/mol. The summed E-state index contributed by atoms with van der Waals surface area (Å²) in [6.07, 6.45) is 7.87. The second-order valence-electron chi connectivity index (χ2n) is 11.2. The maximum atomic E-state index is 13.7. The molecule has 210 valence electrons. The van der Waals surface area contributed by atoms with E-state index in [0.717, 1.165) is 74.0 Å². The van der Waals surface area contributed by atoms with Gasteiger partial charge in [0.25, 0.3) is 5.91 Å². The van der Waals surface area contributed by atoms with Crippen molar-refractivity contribution in [3.8, 4) is 0 Å². The molecule has 0 spiro atoms.